The zero-order valence-corrected chi connectivity index (χ0v) is 14.0. The van der Waals surface area contributed by atoms with Gasteiger partial charge in [0.1, 0.15) is 12.3 Å². The highest BCUT2D eigenvalue weighted by atomic mass is 16.5. The van der Waals surface area contributed by atoms with Crippen LogP contribution in [0.4, 0.5) is 5.69 Å². The van der Waals surface area contributed by atoms with Crippen molar-refractivity contribution < 1.29 is 24.2 Å². The molecule has 2 rings (SSSR count). The molecule has 0 fully saturated rings. The lowest BCUT2D eigenvalue weighted by atomic mass is 10.1. The van der Waals surface area contributed by atoms with Crippen LogP contribution in [0.3, 0.4) is 0 Å². The van der Waals surface area contributed by atoms with Gasteiger partial charge in [0.25, 0.3) is 5.91 Å². The molecule has 0 spiro atoms. The molecule has 1 atom stereocenters. The average Bonchev–Trinajstić information content (AvgIpc) is 2.49. The maximum absolute atomic E-state index is 12.6. The molecule has 130 valence electrons. The molecule has 0 saturated carbocycles. The van der Waals surface area contributed by atoms with Crippen molar-refractivity contribution in [1.82, 2.24) is 5.32 Å². The van der Waals surface area contributed by atoms with Gasteiger partial charge in [-0.05, 0) is 30.5 Å². The van der Waals surface area contributed by atoms with Crippen molar-refractivity contribution in [3.8, 4) is 5.75 Å². The first-order valence-electron chi connectivity index (χ1n) is 7.85. The number of nitrogens with one attached hydrogen (secondary N) is 1. The van der Waals surface area contributed by atoms with Crippen molar-refractivity contribution in [2.75, 3.05) is 18.0 Å². The number of carbonyl (C=O) groups excluding carboxylic acids is 2. The monoisotopic (exact) mass is 334 g/mol. The largest absolute Gasteiger partial charge is 0.481 e. The van der Waals surface area contributed by atoms with E-state index in [9.17, 15) is 14.4 Å². The summed E-state index contributed by atoms with van der Waals surface area (Å²) in [5.41, 5.74) is 1.40. The minimum atomic E-state index is -1.13. The van der Waals surface area contributed by atoms with Crippen LogP contribution >= 0.6 is 0 Å². The Morgan fingerprint density at radius 2 is 2.08 bits per heavy atom. The summed E-state index contributed by atoms with van der Waals surface area (Å²) in [4.78, 5) is 36.9. The molecule has 2 amide bonds. The van der Waals surface area contributed by atoms with Crippen molar-refractivity contribution in [3.63, 3.8) is 0 Å². The number of ether oxygens (including phenoxy) is 1. The van der Waals surface area contributed by atoms with Gasteiger partial charge in [-0.15, -0.1) is 0 Å². The average molecular weight is 334 g/mol. The minimum Gasteiger partial charge on any atom is -0.481 e. The molecule has 24 heavy (non-hydrogen) atoms. The van der Waals surface area contributed by atoms with Crippen LogP contribution in [0.5, 0.6) is 5.75 Å². The highest BCUT2D eigenvalue weighted by Gasteiger charge is 2.36. The quantitative estimate of drug-likeness (QED) is 0.818. The summed E-state index contributed by atoms with van der Waals surface area (Å²) in [5.74, 6) is -1.24. The first kappa shape index (κ1) is 17.8. The number of aliphatic carboxylic acids is 1. The second-order valence-corrected chi connectivity index (χ2v) is 6.30. The molecule has 1 aromatic carbocycles. The van der Waals surface area contributed by atoms with Crippen LogP contribution < -0.4 is 15.0 Å². The summed E-state index contributed by atoms with van der Waals surface area (Å²) in [6, 6.07) is 5.24. The molecule has 1 heterocycles. The highest BCUT2D eigenvalue weighted by molar-refractivity contribution is 6.05. The third-order valence-corrected chi connectivity index (χ3v) is 3.59. The molecule has 1 aromatic rings. The molecule has 0 saturated heterocycles. The molecular formula is C17H22N2O5. The lowest BCUT2D eigenvalue weighted by Crippen LogP contribution is -2.50. The topological polar surface area (TPSA) is 95.9 Å². The fourth-order valence-corrected chi connectivity index (χ4v) is 2.40. The van der Waals surface area contributed by atoms with Crippen molar-refractivity contribution in [2.45, 2.75) is 33.3 Å². The zero-order valence-electron chi connectivity index (χ0n) is 14.0. The molecule has 1 unspecified atom stereocenters. The van der Waals surface area contributed by atoms with Gasteiger partial charge in [-0.25, -0.2) is 0 Å². The molecule has 0 bridgehead atoms. The van der Waals surface area contributed by atoms with Gasteiger partial charge in [-0.3, -0.25) is 19.3 Å². The van der Waals surface area contributed by atoms with E-state index in [0.717, 1.165) is 5.56 Å². The Hall–Kier alpha value is -2.57. The van der Waals surface area contributed by atoms with E-state index in [1.807, 2.05) is 26.8 Å². The van der Waals surface area contributed by atoms with Crippen LogP contribution in [0, 0.1) is 12.8 Å². The van der Waals surface area contributed by atoms with Gasteiger partial charge in [0, 0.05) is 6.54 Å². The third kappa shape index (κ3) is 4.24. The van der Waals surface area contributed by atoms with Gasteiger partial charge in [-0.2, -0.15) is 0 Å². The first-order valence-corrected chi connectivity index (χ1v) is 7.85. The third-order valence-electron chi connectivity index (χ3n) is 3.59. The van der Waals surface area contributed by atoms with E-state index < -0.39 is 24.4 Å². The summed E-state index contributed by atoms with van der Waals surface area (Å²) in [6.07, 6.45) is -1.58. The molecule has 7 heteroatoms. The maximum atomic E-state index is 12.6. The predicted octanol–water partition coefficient (Wildman–Crippen LogP) is 1.34. The number of rotatable bonds is 6. The number of anilines is 1. The van der Waals surface area contributed by atoms with E-state index in [4.69, 9.17) is 9.84 Å². The van der Waals surface area contributed by atoms with Crippen LogP contribution in [-0.2, 0) is 14.4 Å². The molecule has 7 nitrogen and oxygen atoms in total. The fraction of sp³-hybridized carbons (Fsp3) is 0.471. The van der Waals surface area contributed by atoms with Crippen LogP contribution in [0.1, 0.15) is 25.8 Å². The Labute approximate surface area is 140 Å². The lowest BCUT2D eigenvalue weighted by Gasteiger charge is -2.33. The van der Waals surface area contributed by atoms with Crippen LogP contribution in [0.15, 0.2) is 18.2 Å². The number of carboxylic acid groups (broad SMARTS) is 1. The zero-order chi connectivity index (χ0) is 17.9. The Morgan fingerprint density at radius 3 is 2.71 bits per heavy atom. The number of aryl methyl sites for hydroxylation is 1. The summed E-state index contributed by atoms with van der Waals surface area (Å²) >= 11 is 0. The van der Waals surface area contributed by atoms with Gasteiger partial charge in [0.05, 0.1) is 12.1 Å². The van der Waals surface area contributed by atoms with E-state index in [1.54, 1.807) is 12.1 Å². The van der Waals surface area contributed by atoms with Crippen molar-refractivity contribution in [1.29, 1.82) is 0 Å². The van der Waals surface area contributed by atoms with Crippen molar-refractivity contribution in [2.24, 2.45) is 5.92 Å². The first-order chi connectivity index (χ1) is 11.3. The number of nitrogens with zero attached hydrogens (tertiary/aromatic N) is 1. The van der Waals surface area contributed by atoms with Gasteiger partial charge in [0.15, 0.2) is 6.10 Å². The number of benzene rings is 1. The summed E-state index contributed by atoms with van der Waals surface area (Å²) < 4.78 is 5.52. The van der Waals surface area contributed by atoms with Crippen LogP contribution in [0.25, 0.3) is 0 Å². The number of fused-ring (bicyclic) bond motifs is 1. The smallest absolute Gasteiger partial charge is 0.307 e. The Kier molecular flexibility index (Phi) is 5.43. The van der Waals surface area contributed by atoms with Gasteiger partial charge >= 0.3 is 5.97 Å². The van der Waals surface area contributed by atoms with Gasteiger partial charge in [-0.1, -0.05) is 19.9 Å². The molecule has 0 radical (unpaired) electrons. The Bertz CT molecular complexity index is 656. The standard InChI is InChI=1S/C17H22N2O5/c1-10(2)8-18-15(20)9-19-12-6-11(3)4-5-13(12)24-14(17(19)23)7-16(21)22/h4-6,10,14H,7-9H2,1-3H3,(H,18,20)(H,21,22). The Morgan fingerprint density at radius 1 is 1.38 bits per heavy atom. The number of carbonyl (C=O) groups is 3. The normalized spacial score (nSPS) is 16.6. The van der Waals surface area contributed by atoms with Crippen molar-refractivity contribution in [3.05, 3.63) is 23.8 Å². The SMILES string of the molecule is Cc1ccc2c(c1)N(CC(=O)NCC(C)C)C(=O)C(CC(=O)O)O2. The van der Waals surface area contributed by atoms with Crippen molar-refractivity contribution >= 4 is 23.5 Å². The van der Waals surface area contributed by atoms with E-state index in [-0.39, 0.29) is 12.5 Å². The molecule has 0 aromatic heterocycles. The number of carboxylic acids is 1. The molecule has 1 aliphatic rings. The second-order valence-electron chi connectivity index (χ2n) is 6.30. The van der Waals surface area contributed by atoms with E-state index in [0.29, 0.717) is 23.9 Å². The maximum Gasteiger partial charge on any atom is 0.307 e. The summed E-state index contributed by atoms with van der Waals surface area (Å²) in [6.45, 7) is 6.16. The van der Waals surface area contributed by atoms with Gasteiger partial charge in [0.2, 0.25) is 5.91 Å². The summed E-state index contributed by atoms with van der Waals surface area (Å²) in [7, 11) is 0. The molecule has 0 aliphatic carbocycles. The lowest BCUT2D eigenvalue weighted by molar-refractivity contribution is -0.142. The van der Waals surface area contributed by atoms with Crippen LogP contribution in [0.2, 0.25) is 0 Å². The second kappa shape index (κ2) is 7.33. The minimum absolute atomic E-state index is 0.165. The predicted molar refractivity (Wildman–Crippen MR) is 88.0 cm³/mol. The number of hydrogen-bond acceptors (Lipinski definition) is 4. The van der Waals surface area contributed by atoms with E-state index in [2.05, 4.69) is 5.32 Å². The van der Waals surface area contributed by atoms with Gasteiger partial charge < -0.3 is 15.2 Å². The van der Waals surface area contributed by atoms with E-state index in [1.165, 1.54) is 4.90 Å². The van der Waals surface area contributed by atoms with Crippen LogP contribution in [-0.4, -0.2) is 42.1 Å². The molecule has 2 N–H and O–H groups in total. The summed E-state index contributed by atoms with van der Waals surface area (Å²) in [5, 5.41) is 11.7. The molecule has 1 aliphatic heterocycles. The van der Waals surface area contributed by atoms with E-state index >= 15 is 0 Å². The Balaban J connectivity index is 2.25. The number of amides is 2. The highest BCUT2D eigenvalue weighted by Crippen LogP contribution is 2.35. The fourth-order valence-electron chi connectivity index (χ4n) is 2.40. The number of hydrogen-bond donors (Lipinski definition) is 2. The molecular weight excluding hydrogens is 312 g/mol.